The number of para-hydroxylation sites is 1. The number of anilines is 2. The number of benzene rings is 2. The third-order valence-electron chi connectivity index (χ3n) is 5.57. The second-order valence-electron chi connectivity index (χ2n) is 7.57. The normalized spacial score (nSPS) is 14.3. The van der Waals surface area contributed by atoms with Gasteiger partial charge in [0.25, 0.3) is 5.91 Å². The van der Waals surface area contributed by atoms with Gasteiger partial charge in [-0.2, -0.15) is 0 Å². The number of hydrogen-bond donors (Lipinski definition) is 2. The maximum absolute atomic E-state index is 13.1. The predicted molar refractivity (Wildman–Crippen MR) is 119 cm³/mol. The first-order chi connectivity index (χ1) is 14.7. The molecule has 6 nitrogen and oxygen atoms in total. The van der Waals surface area contributed by atoms with Gasteiger partial charge in [-0.25, -0.2) is 4.98 Å². The first kappa shape index (κ1) is 20.0. The number of ether oxygens (including phenoxy) is 2. The molecule has 1 amide bonds. The Morgan fingerprint density at radius 3 is 2.57 bits per heavy atom. The van der Waals surface area contributed by atoms with Crippen molar-refractivity contribution in [3.05, 3.63) is 54.1 Å². The standard InChI is InChI=1S/C24H27N3O3/c1-29-17-12-13-21(22(14-17)30-2)27-23-15-19(18-10-6-7-11-20(18)26-23)24(28)25-16-8-4-3-5-9-16/h6-7,10-16H,3-5,8-9H2,1-2H3,(H,25,28)(H,26,27). The smallest absolute Gasteiger partial charge is 0.252 e. The third-order valence-corrected chi connectivity index (χ3v) is 5.57. The van der Waals surface area contributed by atoms with Gasteiger partial charge in [-0.1, -0.05) is 37.5 Å². The summed E-state index contributed by atoms with van der Waals surface area (Å²) in [5.41, 5.74) is 2.14. The van der Waals surface area contributed by atoms with Gasteiger partial charge >= 0.3 is 0 Å². The molecule has 1 heterocycles. The molecule has 0 spiro atoms. The van der Waals surface area contributed by atoms with Crippen LogP contribution in [0, 0.1) is 0 Å². The van der Waals surface area contributed by atoms with Crippen molar-refractivity contribution in [1.82, 2.24) is 10.3 Å². The number of pyridine rings is 1. The highest BCUT2D eigenvalue weighted by Crippen LogP contribution is 2.32. The number of fused-ring (bicyclic) bond motifs is 1. The van der Waals surface area contributed by atoms with E-state index in [0.29, 0.717) is 22.9 Å². The number of hydrogen-bond acceptors (Lipinski definition) is 5. The van der Waals surface area contributed by atoms with Gasteiger partial charge in [0, 0.05) is 17.5 Å². The lowest BCUT2D eigenvalue weighted by atomic mass is 9.95. The van der Waals surface area contributed by atoms with Crippen molar-refractivity contribution in [2.24, 2.45) is 0 Å². The SMILES string of the molecule is COc1ccc(Nc2cc(C(=O)NC3CCCCC3)c3ccccc3n2)c(OC)c1. The summed E-state index contributed by atoms with van der Waals surface area (Å²) in [4.78, 5) is 17.8. The Morgan fingerprint density at radius 1 is 1.00 bits per heavy atom. The van der Waals surface area contributed by atoms with Crippen molar-refractivity contribution in [3.63, 3.8) is 0 Å². The van der Waals surface area contributed by atoms with E-state index >= 15 is 0 Å². The Kier molecular flexibility index (Phi) is 6.02. The molecular formula is C24H27N3O3. The van der Waals surface area contributed by atoms with Crippen molar-refractivity contribution in [3.8, 4) is 11.5 Å². The largest absolute Gasteiger partial charge is 0.497 e. The van der Waals surface area contributed by atoms with Crippen LogP contribution in [0.1, 0.15) is 42.5 Å². The summed E-state index contributed by atoms with van der Waals surface area (Å²) in [5.74, 6) is 1.88. The molecule has 0 radical (unpaired) electrons. The van der Waals surface area contributed by atoms with Crippen LogP contribution in [0.15, 0.2) is 48.5 Å². The molecule has 0 bridgehead atoms. The fraction of sp³-hybridized carbons (Fsp3) is 0.333. The maximum atomic E-state index is 13.1. The van der Waals surface area contributed by atoms with Crippen LogP contribution in [-0.4, -0.2) is 31.2 Å². The average molecular weight is 405 g/mol. The van der Waals surface area contributed by atoms with E-state index in [1.165, 1.54) is 19.3 Å². The molecular weight excluding hydrogens is 378 g/mol. The van der Waals surface area contributed by atoms with Gasteiger partial charge in [-0.05, 0) is 37.1 Å². The maximum Gasteiger partial charge on any atom is 0.252 e. The second kappa shape index (κ2) is 9.03. The van der Waals surface area contributed by atoms with Gasteiger partial charge in [-0.15, -0.1) is 0 Å². The molecule has 30 heavy (non-hydrogen) atoms. The lowest BCUT2D eigenvalue weighted by Gasteiger charge is -2.23. The molecule has 2 N–H and O–H groups in total. The molecule has 0 saturated heterocycles. The number of carbonyl (C=O) groups is 1. The number of nitrogens with one attached hydrogen (secondary N) is 2. The fourth-order valence-corrected chi connectivity index (χ4v) is 3.98. The molecule has 0 aliphatic heterocycles. The van der Waals surface area contributed by atoms with Crippen LogP contribution in [0.4, 0.5) is 11.5 Å². The van der Waals surface area contributed by atoms with Crippen LogP contribution in [-0.2, 0) is 0 Å². The molecule has 156 valence electrons. The summed E-state index contributed by atoms with van der Waals surface area (Å²) in [6, 6.07) is 15.3. The Labute approximate surface area is 176 Å². The van der Waals surface area contributed by atoms with Crippen LogP contribution < -0.4 is 20.1 Å². The van der Waals surface area contributed by atoms with Crippen molar-refractivity contribution in [2.45, 2.75) is 38.1 Å². The number of methoxy groups -OCH3 is 2. The summed E-state index contributed by atoms with van der Waals surface area (Å²) >= 11 is 0. The first-order valence-electron chi connectivity index (χ1n) is 10.4. The number of amides is 1. The summed E-state index contributed by atoms with van der Waals surface area (Å²) in [6.07, 6.45) is 5.69. The van der Waals surface area contributed by atoms with Crippen LogP contribution in [0.3, 0.4) is 0 Å². The monoisotopic (exact) mass is 405 g/mol. The zero-order valence-corrected chi connectivity index (χ0v) is 17.4. The Balaban J connectivity index is 1.67. The molecule has 4 rings (SSSR count). The third kappa shape index (κ3) is 4.32. The topological polar surface area (TPSA) is 72.5 Å². The lowest BCUT2D eigenvalue weighted by Crippen LogP contribution is -2.36. The van der Waals surface area contributed by atoms with Gasteiger partial charge in [0.2, 0.25) is 0 Å². The van der Waals surface area contributed by atoms with E-state index < -0.39 is 0 Å². The summed E-state index contributed by atoms with van der Waals surface area (Å²) < 4.78 is 10.7. The molecule has 1 aromatic heterocycles. The van der Waals surface area contributed by atoms with E-state index in [-0.39, 0.29) is 11.9 Å². The quantitative estimate of drug-likeness (QED) is 0.600. The molecule has 6 heteroatoms. The van der Waals surface area contributed by atoms with Crippen molar-refractivity contribution in [1.29, 1.82) is 0 Å². The van der Waals surface area contributed by atoms with Gasteiger partial charge in [0.15, 0.2) is 0 Å². The van der Waals surface area contributed by atoms with E-state index in [2.05, 4.69) is 10.6 Å². The molecule has 2 aromatic carbocycles. The second-order valence-corrected chi connectivity index (χ2v) is 7.57. The summed E-state index contributed by atoms with van der Waals surface area (Å²) in [5, 5.41) is 7.36. The van der Waals surface area contributed by atoms with Crippen molar-refractivity contribution >= 4 is 28.3 Å². The lowest BCUT2D eigenvalue weighted by molar-refractivity contribution is 0.0929. The van der Waals surface area contributed by atoms with Gasteiger partial charge < -0.3 is 20.1 Å². The molecule has 0 atom stereocenters. The van der Waals surface area contributed by atoms with Gasteiger partial charge in [0.05, 0.1) is 31.0 Å². The van der Waals surface area contributed by atoms with Crippen LogP contribution in [0.5, 0.6) is 11.5 Å². The zero-order chi connectivity index (χ0) is 20.9. The Morgan fingerprint density at radius 2 is 1.80 bits per heavy atom. The molecule has 1 aliphatic rings. The molecule has 1 aliphatic carbocycles. The van der Waals surface area contributed by atoms with Gasteiger partial charge in [-0.3, -0.25) is 4.79 Å². The first-order valence-corrected chi connectivity index (χ1v) is 10.4. The number of rotatable bonds is 6. The van der Waals surface area contributed by atoms with E-state index in [1.54, 1.807) is 20.3 Å². The minimum absolute atomic E-state index is 0.0507. The van der Waals surface area contributed by atoms with E-state index in [0.717, 1.165) is 29.4 Å². The fourth-order valence-electron chi connectivity index (χ4n) is 3.98. The highest BCUT2D eigenvalue weighted by molar-refractivity contribution is 6.07. The summed E-state index contributed by atoms with van der Waals surface area (Å²) in [6.45, 7) is 0. The average Bonchev–Trinajstić information content (AvgIpc) is 2.79. The minimum atomic E-state index is -0.0507. The van der Waals surface area contributed by atoms with E-state index in [4.69, 9.17) is 14.5 Å². The number of aromatic nitrogens is 1. The zero-order valence-electron chi connectivity index (χ0n) is 17.4. The highest BCUT2D eigenvalue weighted by atomic mass is 16.5. The van der Waals surface area contributed by atoms with Crippen LogP contribution in [0.25, 0.3) is 10.9 Å². The van der Waals surface area contributed by atoms with Gasteiger partial charge in [0.1, 0.15) is 17.3 Å². The van der Waals surface area contributed by atoms with E-state index in [1.807, 2.05) is 42.5 Å². The Hall–Kier alpha value is -3.28. The van der Waals surface area contributed by atoms with Crippen molar-refractivity contribution in [2.75, 3.05) is 19.5 Å². The van der Waals surface area contributed by atoms with Crippen molar-refractivity contribution < 1.29 is 14.3 Å². The Bertz CT molecular complexity index is 1050. The predicted octanol–water partition coefficient (Wildman–Crippen LogP) is 5.06. The number of nitrogens with zero attached hydrogens (tertiary/aromatic N) is 1. The molecule has 0 unspecified atom stereocenters. The highest BCUT2D eigenvalue weighted by Gasteiger charge is 2.19. The molecule has 1 saturated carbocycles. The minimum Gasteiger partial charge on any atom is -0.497 e. The van der Waals surface area contributed by atoms with E-state index in [9.17, 15) is 4.79 Å². The van der Waals surface area contributed by atoms with Crippen LogP contribution >= 0.6 is 0 Å². The summed E-state index contributed by atoms with van der Waals surface area (Å²) in [7, 11) is 3.22. The molecule has 1 fully saturated rings. The van der Waals surface area contributed by atoms with Crippen LogP contribution in [0.2, 0.25) is 0 Å². The number of carbonyl (C=O) groups excluding carboxylic acids is 1. The molecule has 3 aromatic rings.